The quantitative estimate of drug-likeness (QED) is 0.750. The minimum Gasteiger partial charge on any atom is -0.348 e. The van der Waals surface area contributed by atoms with Crippen molar-refractivity contribution in [2.24, 2.45) is 5.41 Å². The second kappa shape index (κ2) is 7.18. The zero-order valence-electron chi connectivity index (χ0n) is 16.9. The molecule has 1 amide bonds. The van der Waals surface area contributed by atoms with Crippen molar-refractivity contribution in [2.75, 3.05) is 40.0 Å². The fraction of sp³-hybridized carbons (Fsp3) is 0.778. The summed E-state index contributed by atoms with van der Waals surface area (Å²) in [6, 6.07) is 0.0316. The molecule has 3 rings (SSSR count). The first-order valence-corrected chi connectivity index (χ1v) is 11.1. The molecule has 0 N–H and O–H groups in total. The molecule has 0 radical (unpaired) electrons. The number of fused-ring (bicyclic) bond motifs is 1. The van der Waals surface area contributed by atoms with Gasteiger partial charge in [-0.25, -0.2) is 12.7 Å². The van der Waals surface area contributed by atoms with Crippen LogP contribution in [-0.4, -0.2) is 84.2 Å². The van der Waals surface area contributed by atoms with Crippen molar-refractivity contribution < 1.29 is 13.2 Å². The monoisotopic (exact) mass is 397 g/mol. The Hall–Kier alpha value is -1.45. The number of carbonyl (C=O) groups is 1. The Morgan fingerprint density at radius 1 is 1.41 bits per heavy atom. The summed E-state index contributed by atoms with van der Waals surface area (Å²) in [5.41, 5.74) is 0.432. The first kappa shape index (κ1) is 20.3. The van der Waals surface area contributed by atoms with E-state index in [1.807, 2.05) is 10.9 Å². The standard InChI is InChI=1S/C18H31N5O3S/c1-14(2)23-12-15(10-19-23)11-22-8-6-16-18(13-22,17(24)20(3)4)7-9-27(25,26)21(16)5/h10,12,14,16H,6-9,11,13H2,1-5H3/t16-,18+/m1/s1. The first-order valence-electron chi connectivity index (χ1n) is 9.50. The van der Waals surface area contributed by atoms with E-state index >= 15 is 0 Å². The van der Waals surface area contributed by atoms with Crippen LogP contribution in [0.1, 0.15) is 38.3 Å². The molecule has 2 atom stereocenters. The van der Waals surface area contributed by atoms with E-state index in [-0.39, 0.29) is 17.7 Å². The van der Waals surface area contributed by atoms with Gasteiger partial charge in [-0.15, -0.1) is 0 Å². The molecule has 2 aliphatic heterocycles. The van der Waals surface area contributed by atoms with Crippen molar-refractivity contribution >= 4 is 15.9 Å². The van der Waals surface area contributed by atoms with Crippen LogP contribution in [0.25, 0.3) is 0 Å². The summed E-state index contributed by atoms with van der Waals surface area (Å²) in [4.78, 5) is 17.0. The van der Waals surface area contributed by atoms with Gasteiger partial charge in [-0.1, -0.05) is 0 Å². The zero-order chi connectivity index (χ0) is 20.0. The molecule has 1 aromatic rings. The molecule has 0 aromatic carbocycles. The van der Waals surface area contributed by atoms with E-state index in [1.165, 1.54) is 4.31 Å². The lowest BCUT2D eigenvalue weighted by Crippen LogP contribution is -2.66. The highest BCUT2D eigenvalue weighted by Gasteiger charge is 2.56. The fourth-order valence-electron chi connectivity index (χ4n) is 4.49. The smallest absolute Gasteiger partial charge is 0.231 e. The van der Waals surface area contributed by atoms with Gasteiger partial charge in [0.05, 0.1) is 17.4 Å². The van der Waals surface area contributed by atoms with Crippen LogP contribution in [0.5, 0.6) is 0 Å². The van der Waals surface area contributed by atoms with Gasteiger partial charge in [0.15, 0.2) is 0 Å². The van der Waals surface area contributed by atoms with Crippen LogP contribution >= 0.6 is 0 Å². The number of likely N-dealkylation sites (tertiary alicyclic amines) is 1. The van der Waals surface area contributed by atoms with Crippen molar-refractivity contribution in [1.29, 1.82) is 0 Å². The number of hydrogen-bond donors (Lipinski definition) is 0. The van der Waals surface area contributed by atoms with E-state index in [1.54, 1.807) is 26.0 Å². The fourth-order valence-corrected chi connectivity index (χ4v) is 6.09. The molecule has 2 aliphatic rings. The van der Waals surface area contributed by atoms with Gasteiger partial charge in [0.25, 0.3) is 0 Å². The molecule has 0 aliphatic carbocycles. The van der Waals surface area contributed by atoms with E-state index in [0.717, 1.165) is 18.7 Å². The van der Waals surface area contributed by atoms with Gasteiger partial charge in [-0.2, -0.15) is 5.10 Å². The first-order chi connectivity index (χ1) is 12.6. The number of nitrogens with zero attached hydrogens (tertiary/aromatic N) is 5. The van der Waals surface area contributed by atoms with Gasteiger partial charge in [0, 0.05) is 64.6 Å². The maximum Gasteiger partial charge on any atom is 0.231 e. The number of piperidine rings is 1. The van der Waals surface area contributed by atoms with E-state index in [4.69, 9.17) is 0 Å². The Kier molecular flexibility index (Phi) is 5.39. The highest BCUT2D eigenvalue weighted by atomic mass is 32.2. The Bertz CT molecular complexity index is 804. The van der Waals surface area contributed by atoms with Gasteiger partial charge in [0.1, 0.15) is 0 Å². The van der Waals surface area contributed by atoms with Crippen LogP contribution in [0.15, 0.2) is 12.4 Å². The molecule has 0 bridgehead atoms. The van der Waals surface area contributed by atoms with E-state index in [2.05, 4.69) is 30.0 Å². The van der Waals surface area contributed by atoms with Gasteiger partial charge >= 0.3 is 0 Å². The number of amides is 1. The largest absolute Gasteiger partial charge is 0.348 e. The van der Waals surface area contributed by atoms with Crippen molar-refractivity contribution in [3.63, 3.8) is 0 Å². The highest BCUT2D eigenvalue weighted by molar-refractivity contribution is 7.89. The topological polar surface area (TPSA) is 78.8 Å². The van der Waals surface area contributed by atoms with Crippen LogP contribution < -0.4 is 0 Å². The average Bonchev–Trinajstić information content (AvgIpc) is 3.06. The Morgan fingerprint density at radius 3 is 2.70 bits per heavy atom. The number of sulfonamides is 1. The minimum absolute atomic E-state index is 0.0248. The Labute approximate surface area is 162 Å². The third-order valence-corrected chi connectivity index (χ3v) is 7.82. The van der Waals surface area contributed by atoms with E-state index < -0.39 is 15.4 Å². The molecule has 9 heteroatoms. The molecule has 27 heavy (non-hydrogen) atoms. The van der Waals surface area contributed by atoms with Crippen LogP contribution in [0.3, 0.4) is 0 Å². The zero-order valence-corrected chi connectivity index (χ0v) is 17.7. The van der Waals surface area contributed by atoms with E-state index in [0.29, 0.717) is 25.4 Å². The van der Waals surface area contributed by atoms with Crippen molar-refractivity contribution in [3.05, 3.63) is 18.0 Å². The molecule has 1 aromatic heterocycles. The Morgan fingerprint density at radius 2 is 2.11 bits per heavy atom. The lowest BCUT2D eigenvalue weighted by atomic mass is 9.72. The highest BCUT2D eigenvalue weighted by Crippen LogP contribution is 2.43. The maximum absolute atomic E-state index is 13.2. The second-order valence-corrected chi connectivity index (χ2v) is 10.5. The number of hydrogen-bond acceptors (Lipinski definition) is 5. The lowest BCUT2D eigenvalue weighted by molar-refractivity contribution is -0.148. The number of aromatic nitrogens is 2. The number of rotatable bonds is 4. The third-order valence-electron chi connectivity index (χ3n) is 5.97. The van der Waals surface area contributed by atoms with Gasteiger partial charge in [-0.05, 0) is 26.7 Å². The van der Waals surface area contributed by atoms with Crippen LogP contribution in [-0.2, 0) is 21.4 Å². The Balaban J connectivity index is 1.85. The summed E-state index contributed by atoms with van der Waals surface area (Å²) in [5, 5.41) is 4.40. The third kappa shape index (κ3) is 3.64. The van der Waals surface area contributed by atoms with Crippen LogP contribution in [0, 0.1) is 5.41 Å². The predicted octanol–water partition coefficient (Wildman–Crippen LogP) is 0.778. The SMILES string of the molecule is CC(C)n1cc(CN2CC[C@H]3N(C)S(=O)(=O)CC[C@]3(C(=O)N(C)C)C2)cn1. The normalized spacial score (nSPS) is 28.9. The molecular formula is C18H31N5O3S. The molecule has 8 nitrogen and oxygen atoms in total. The molecule has 0 saturated carbocycles. The molecule has 0 unspecified atom stereocenters. The van der Waals surface area contributed by atoms with Crippen molar-refractivity contribution in [2.45, 2.75) is 45.3 Å². The molecule has 2 saturated heterocycles. The van der Waals surface area contributed by atoms with E-state index in [9.17, 15) is 13.2 Å². The second-order valence-electron chi connectivity index (χ2n) is 8.38. The number of carbonyl (C=O) groups excluding carboxylic acids is 1. The molecule has 3 heterocycles. The summed E-state index contributed by atoms with van der Waals surface area (Å²) in [6.45, 7) is 6.23. The molecular weight excluding hydrogens is 366 g/mol. The maximum atomic E-state index is 13.2. The van der Waals surface area contributed by atoms with Crippen LogP contribution in [0.4, 0.5) is 0 Å². The summed E-state index contributed by atoms with van der Waals surface area (Å²) in [5.74, 6) is 0.0513. The average molecular weight is 398 g/mol. The summed E-state index contributed by atoms with van der Waals surface area (Å²) < 4.78 is 28.2. The summed E-state index contributed by atoms with van der Waals surface area (Å²) >= 11 is 0. The molecule has 0 spiro atoms. The molecule has 2 fully saturated rings. The predicted molar refractivity (Wildman–Crippen MR) is 104 cm³/mol. The van der Waals surface area contributed by atoms with Crippen LogP contribution in [0.2, 0.25) is 0 Å². The lowest BCUT2D eigenvalue weighted by Gasteiger charge is -2.53. The minimum atomic E-state index is -3.28. The summed E-state index contributed by atoms with van der Waals surface area (Å²) in [6.07, 6.45) is 4.97. The van der Waals surface area contributed by atoms with Gasteiger partial charge in [0.2, 0.25) is 15.9 Å². The van der Waals surface area contributed by atoms with Gasteiger partial charge < -0.3 is 4.90 Å². The van der Waals surface area contributed by atoms with Gasteiger partial charge in [-0.3, -0.25) is 14.4 Å². The molecule has 152 valence electrons. The van der Waals surface area contributed by atoms with Crippen molar-refractivity contribution in [1.82, 2.24) is 23.9 Å². The summed E-state index contributed by atoms with van der Waals surface area (Å²) in [7, 11) is 1.85. The van der Waals surface area contributed by atoms with Crippen molar-refractivity contribution in [3.8, 4) is 0 Å².